The van der Waals surface area contributed by atoms with E-state index in [1.165, 1.54) is 39.7 Å². The number of nitrogens with one attached hydrogen (secondary N) is 2. The molecule has 45 heavy (non-hydrogen) atoms. The SMILES string of the molecule is CCOc1cc(/C=N\NC(=O)c2ccc(NC(=O)c3ccc(C)cc3)cc2)ccc1OC(=O)c1cc(OC)c(OC)c(OC)c1. The Hall–Kier alpha value is -5.84. The predicted molar refractivity (Wildman–Crippen MR) is 169 cm³/mol. The summed E-state index contributed by atoms with van der Waals surface area (Å²) in [6, 6.07) is 21.5. The maximum Gasteiger partial charge on any atom is 0.343 e. The number of rotatable bonds is 12. The molecule has 0 bridgehead atoms. The number of carbonyl (C=O) groups is 3. The van der Waals surface area contributed by atoms with Crippen molar-refractivity contribution in [2.75, 3.05) is 33.3 Å². The summed E-state index contributed by atoms with van der Waals surface area (Å²) in [6.07, 6.45) is 1.43. The second kappa shape index (κ2) is 15.1. The summed E-state index contributed by atoms with van der Waals surface area (Å²) in [7, 11) is 4.37. The number of esters is 1. The normalized spacial score (nSPS) is 10.6. The Morgan fingerprint density at radius 2 is 1.33 bits per heavy atom. The summed E-state index contributed by atoms with van der Waals surface area (Å²) < 4.78 is 27.3. The third kappa shape index (κ3) is 8.17. The molecule has 0 fully saturated rings. The van der Waals surface area contributed by atoms with Crippen LogP contribution in [0.5, 0.6) is 28.7 Å². The average molecular weight is 612 g/mol. The van der Waals surface area contributed by atoms with Crippen molar-refractivity contribution in [3.63, 3.8) is 0 Å². The molecule has 0 atom stereocenters. The van der Waals surface area contributed by atoms with E-state index in [2.05, 4.69) is 15.8 Å². The summed E-state index contributed by atoms with van der Waals surface area (Å²) >= 11 is 0. The zero-order chi connectivity index (χ0) is 32.3. The van der Waals surface area contributed by atoms with Crippen LogP contribution >= 0.6 is 0 Å². The van der Waals surface area contributed by atoms with E-state index in [0.29, 0.717) is 52.0 Å². The molecule has 232 valence electrons. The molecule has 0 spiro atoms. The summed E-state index contributed by atoms with van der Waals surface area (Å²) in [5, 5.41) is 6.84. The van der Waals surface area contributed by atoms with Crippen LogP contribution in [0.2, 0.25) is 0 Å². The molecule has 11 heteroatoms. The number of anilines is 1. The highest BCUT2D eigenvalue weighted by Crippen LogP contribution is 2.39. The summed E-state index contributed by atoms with van der Waals surface area (Å²) in [5.41, 5.74) is 5.74. The van der Waals surface area contributed by atoms with Crippen molar-refractivity contribution in [2.45, 2.75) is 13.8 Å². The van der Waals surface area contributed by atoms with Crippen LogP contribution in [0.25, 0.3) is 0 Å². The predicted octanol–water partition coefficient (Wildman–Crippen LogP) is 5.65. The van der Waals surface area contributed by atoms with E-state index in [0.717, 1.165) is 5.56 Å². The first kappa shape index (κ1) is 32.1. The molecule has 0 aliphatic rings. The van der Waals surface area contributed by atoms with Gasteiger partial charge in [0.1, 0.15) is 0 Å². The maximum absolute atomic E-state index is 13.0. The molecule has 0 radical (unpaired) electrons. The van der Waals surface area contributed by atoms with E-state index < -0.39 is 11.9 Å². The molecule has 0 aliphatic heterocycles. The highest BCUT2D eigenvalue weighted by molar-refractivity contribution is 6.04. The van der Waals surface area contributed by atoms with Gasteiger partial charge in [-0.2, -0.15) is 5.10 Å². The number of carbonyl (C=O) groups excluding carboxylic acids is 3. The molecule has 0 unspecified atom stereocenters. The molecule has 0 aromatic heterocycles. The summed E-state index contributed by atoms with van der Waals surface area (Å²) in [6.45, 7) is 4.06. The first-order valence-corrected chi connectivity index (χ1v) is 13.9. The molecule has 4 aromatic rings. The molecule has 4 rings (SSSR count). The lowest BCUT2D eigenvalue weighted by Gasteiger charge is -2.15. The topological polar surface area (TPSA) is 134 Å². The number of benzene rings is 4. The Balaban J connectivity index is 1.39. The Morgan fingerprint density at radius 1 is 0.711 bits per heavy atom. The molecular formula is C34H33N3O8. The standard InChI is InChI=1S/C34H33N3O8/c1-6-44-28-17-22(9-16-27(28)45-34(40)25-18-29(41-3)31(43-5)30(19-25)42-4)20-35-37-33(39)24-12-14-26(15-13-24)36-32(38)23-10-7-21(2)8-11-23/h7-20H,6H2,1-5H3,(H,36,38)(H,37,39)/b35-20-. The number of ether oxygens (including phenoxy) is 5. The van der Waals surface area contributed by atoms with Gasteiger partial charge < -0.3 is 29.0 Å². The molecule has 0 aliphatic carbocycles. The van der Waals surface area contributed by atoms with Gasteiger partial charge in [0.15, 0.2) is 23.0 Å². The second-order valence-electron chi connectivity index (χ2n) is 9.54. The Morgan fingerprint density at radius 3 is 1.93 bits per heavy atom. The van der Waals surface area contributed by atoms with Gasteiger partial charge in [0.05, 0.1) is 39.7 Å². The maximum atomic E-state index is 13.0. The number of hydrazone groups is 1. The minimum Gasteiger partial charge on any atom is -0.493 e. The summed E-state index contributed by atoms with van der Waals surface area (Å²) in [4.78, 5) is 38.0. The fraction of sp³-hybridized carbons (Fsp3) is 0.176. The van der Waals surface area contributed by atoms with E-state index in [1.54, 1.807) is 61.5 Å². The third-order valence-corrected chi connectivity index (χ3v) is 6.47. The van der Waals surface area contributed by atoms with Crippen molar-refractivity contribution < 1.29 is 38.1 Å². The molecule has 0 heterocycles. The molecule has 2 amide bonds. The zero-order valence-corrected chi connectivity index (χ0v) is 25.5. The van der Waals surface area contributed by atoms with Gasteiger partial charge in [-0.15, -0.1) is 0 Å². The highest BCUT2D eigenvalue weighted by Gasteiger charge is 2.20. The lowest BCUT2D eigenvalue weighted by atomic mass is 10.1. The van der Waals surface area contributed by atoms with Crippen LogP contribution in [0.15, 0.2) is 84.0 Å². The fourth-order valence-electron chi connectivity index (χ4n) is 4.16. The molecule has 11 nitrogen and oxygen atoms in total. The first-order valence-electron chi connectivity index (χ1n) is 13.9. The smallest absolute Gasteiger partial charge is 0.343 e. The van der Waals surface area contributed by atoms with Crippen molar-refractivity contribution in [3.8, 4) is 28.7 Å². The van der Waals surface area contributed by atoms with Gasteiger partial charge in [-0.05, 0) is 86.1 Å². The van der Waals surface area contributed by atoms with Crippen molar-refractivity contribution in [2.24, 2.45) is 5.10 Å². The monoisotopic (exact) mass is 611 g/mol. The van der Waals surface area contributed by atoms with Crippen molar-refractivity contribution in [3.05, 3.63) is 107 Å². The van der Waals surface area contributed by atoms with Crippen molar-refractivity contribution in [1.82, 2.24) is 5.43 Å². The van der Waals surface area contributed by atoms with Crippen LogP contribution in [0.1, 0.15) is 49.1 Å². The number of hydrogen-bond donors (Lipinski definition) is 2. The van der Waals surface area contributed by atoms with E-state index in [1.807, 2.05) is 19.1 Å². The van der Waals surface area contributed by atoms with Gasteiger partial charge in [0.25, 0.3) is 11.8 Å². The van der Waals surface area contributed by atoms with Gasteiger partial charge in [-0.1, -0.05) is 17.7 Å². The van der Waals surface area contributed by atoms with Crippen LogP contribution < -0.4 is 34.4 Å². The van der Waals surface area contributed by atoms with Crippen LogP contribution in [0.3, 0.4) is 0 Å². The third-order valence-electron chi connectivity index (χ3n) is 6.47. The van der Waals surface area contributed by atoms with Crippen LogP contribution in [-0.4, -0.2) is 51.9 Å². The molecule has 0 saturated heterocycles. The lowest BCUT2D eigenvalue weighted by Crippen LogP contribution is -2.18. The number of hydrogen-bond acceptors (Lipinski definition) is 9. The van der Waals surface area contributed by atoms with Gasteiger partial charge in [-0.3, -0.25) is 9.59 Å². The van der Waals surface area contributed by atoms with E-state index >= 15 is 0 Å². The largest absolute Gasteiger partial charge is 0.493 e. The van der Waals surface area contributed by atoms with Gasteiger partial charge in [0, 0.05) is 16.8 Å². The van der Waals surface area contributed by atoms with Crippen LogP contribution in [0, 0.1) is 6.92 Å². The Kier molecular flexibility index (Phi) is 10.7. The highest BCUT2D eigenvalue weighted by atomic mass is 16.6. The Bertz CT molecular complexity index is 1680. The minimum atomic E-state index is -0.662. The van der Waals surface area contributed by atoms with E-state index in [9.17, 15) is 14.4 Å². The fourth-order valence-corrected chi connectivity index (χ4v) is 4.16. The van der Waals surface area contributed by atoms with E-state index in [-0.39, 0.29) is 17.2 Å². The molecular weight excluding hydrogens is 578 g/mol. The van der Waals surface area contributed by atoms with Crippen molar-refractivity contribution in [1.29, 1.82) is 0 Å². The number of aryl methyl sites for hydroxylation is 1. The molecule has 2 N–H and O–H groups in total. The molecule has 4 aromatic carbocycles. The first-order chi connectivity index (χ1) is 21.8. The minimum absolute atomic E-state index is 0.182. The molecule has 0 saturated carbocycles. The van der Waals surface area contributed by atoms with Gasteiger partial charge in [-0.25, -0.2) is 10.2 Å². The quantitative estimate of drug-likeness (QED) is 0.0908. The lowest BCUT2D eigenvalue weighted by molar-refractivity contribution is 0.0727. The summed E-state index contributed by atoms with van der Waals surface area (Å²) in [5.74, 6) is 0.106. The number of nitrogens with zero attached hydrogens (tertiary/aromatic N) is 1. The average Bonchev–Trinajstić information content (AvgIpc) is 3.05. The van der Waals surface area contributed by atoms with Crippen LogP contribution in [-0.2, 0) is 0 Å². The number of amides is 2. The Labute approximate surface area is 260 Å². The zero-order valence-electron chi connectivity index (χ0n) is 25.5. The van der Waals surface area contributed by atoms with Crippen molar-refractivity contribution >= 4 is 29.7 Å². The van der Waals surface area contributed by atoms with Crippen LogP contribution in [0.4, 0.5) is 5.69 Å². The second-order valence-corrected chi connectivity index (χ2v) is 9.54. The van der Waals surface area contributed by atoms with E-state index in [4.69, 9.17) is 23.7 Å². The number of methoxy groups -OCH3 is 3. The van der Waals surface area contributed by atoms with Gasteiger partial charge >= 0.3 is 5.97 Å². The van der Waals surface area contributed by atoms with Gasteiger partial charge in [0.2, 0.25) is 5.75 Å².